The fraction of sp³-hybridized carbons (Fsp3) is 0.125. The minimum absolute atomic E-state index is 0.0252. The number of benzene rings is 2. The van der Waals surface area contributed by atoms with Gasteiger partial charge in [0.1, 0.15) is 0 Å². The summed E-state index contributed by atoms with van der Waals surface area (Å²) >= 11 is 11.7. The molecule has 9 nitrogen and oxygen atoms in total. The van der Waals surface area contributed by atoms with E-state index in [9.17, 15) is 28.1 Å². The second-order valence-electron chi connectivity index (χ2n) is 5.46. The van der Waals surface area contributed by atoms with E-state index in [2.05, 4.69) is 5.32 Å². The highest BCUT2D eigenvalue weighted by Gasteiger charge is 2.18. The van der Waals surface area contributed by atoms with Crippen molar-refractivity contribution in [2.24, 2.45) is 0 Å². The Hall–Kier alpha value is -2.69. The van der Waals surface area contributed by atoms with Crippen LogP contribution in [0.15, 0.2) is 41.3 Å². The van der Waals surface area contributed by atoms with Crippen molar-refractivity contribution >= 4 is 56.3 Å². The minimum Gasteiger partial charge on any atom is -0.452 e. The number of ether oxygens (including phenoxy) is 1. The van der Waals surface area contributed by atoms with Crippen LogP contribution in [0, 0.1) is 10.1 Å². The molecule has 0 aliphatic heterocycles. The molecule has 0 aromatic heterocycles. The third-order valence-electron chi connectivity index (χ3n) is 3.34. The Morgan fingerprint density at radius 3 is 2.39 bits per heavy atom. The summed E-state index contributed by atoms with van der Waals surface area (Å²) in [5, 5.41) is 13.1. The smallest absolute Gasteiger partial charge is 0.338 e. The molecule has 2 rings (SSSR count). The molecular weight excluding hydrogens is 435 g/mol. The van der Waals surface area contributed by atoms with Gasteiger partial charge in [-0.2, -0.15) is 0 Å². The standard InChI is InChI=1S/C16H12Cl2N2O7S/c1-28(25,26)14-6-9(2-4-12(14)18)16(22)27-8-15(21)19-13-7-10(20(23)24)3-5-11(13)17/h2-7H,8H2,1H3,(H,19,21). The average molecular weight is 447 g/mol. The van der Waals surface area contributed by atoms with E-state index in [4.69, 9.17) is 27.9 Å². The van der Waals surface area contributed by atoms with Gasteiger partial charge in [0.15, 0.2) is 16.4 Å². The van der Waals surface area contributed by atoms with Crippen LogP contribution in [0.25, 0.3) is 0 Å². The predicted octanol–water partition coefficient (Wildman–Crippen LogP) is 3.10. The number of non-ortho nitro benzene ring substituents is 1. The zero-order valence-electron chi connectivity index (χ0n) is 14.1. The summed E-state index contributed by atoms with van der Waals surface area (Å²) in [5.74, 6) is -1.75. The Balaban J connectivity index is 2.07. The topological polar surface area (TPSA) is 133 Å². The number of esters is 1. The summed E-state index contributed by atoms with van der Waals surface area (Å²) in [5.41, 5.74) is -0.431. The van der Waals surface area contributed by atoms with Crippen molar-refractivity contribution in [2.45, 2.75) is 4.90 Å². The van der Waals surface area contributed by atoms with Crippen molar-refractivity contribution in [3.63, 3.8) is 0 Å². The molecule has 1 amide bonds. The van der Waals surface area contributed by atoms with Gasteiger partial charge in [-0.3, -0.25) is 14.9 Å². The second-order valence-corrected chi connectivity index (χ2v) is 8.26. The van der Waals surface area contributed by atoms with Crippen molar-refractivity contribution in [3.8, 4) is 0 Å². The molecule has 2 aromatic rings. The van der Waals surface area contributed by atoms with E-state index in [0.717, 1.165) is 24.5 Å². The fourth-order valence-electron chi connectivity index (χ4n) is 2.04. The Kier molecular flexibility index (Phi) is 6.60. The molecular formula is C16H12Cl2N2O7S. The predicted molar refractivity (Wildman–Crippen MR) is 102 cm³/mol. The highest BCUT2D eigenvalue weighted by atomic mass is 35.5. The number of anilines is 1. The average Bonchev–Trinajstić information content (AvgIpc) is 2.60. The van der Waals surface area contributed by atoms with Gasteiger partial charge in [-0.1, -0.05) is 23.2 Å². The van der Waals surface area contributed by atoms with E-state index in [0.29, 0.717) is 0 Å². The summed E-state index contributed by atoms with van der Waals surface area (Å²) < 4.78 is 28.1. The molecule has 2 aromatic carbocycles. The first-order valence-electron chi connectivity index (χ1n) is 7.39. The summed E-state index contributed by atoms with van der Waals surface area (Å²) in [6.07, 6.45) is 0.930. The van der Waals surface area contributed by atoms with Gasteiger partial charge in [-0.05, 0) is 24.3 Å². The van der Waals surface area contributed by atoms with Crippen LogP contribution in [-0.2, 0) is 19.4 Å². The van der Waals surface area contributed by atoms with Crippen molar-refractivity contribution < 1.29 is 27.7 Å². The van der Waals surface area contributed by atoms with Crippen molar-refractivity contribution in [1.29, 1.82) is 0 Å². The molecule has 28 heavy (non-hydrogen) atoms. The van der Waals surface area contributed by atoms with Crippen molar-refractivity contribution in [2.75, 3.05) is 18.2 Å². The summed E-state index contributed by atoms with van der Waals surface area (Å²) in [6.45, 7) is -0.727. The molecule has 0 saturated carbocycles. The molecule has 12 heteroatoms. The highest BCUT2D eigenvalue weighted by molar-refractivity contribution is 7.90. The van der Waals surface area contributed by atoms with Crippen molar-refractivity contribution in [1.82, 2.24) is 0 Å². The van der Waals surface area contributed by atoms with Gasteiger partial charge >= 0.3 is 5.97 Å². The number of carbonyl (C=O) groups is 2. The highest BCUT2D eigenvalue weighted by Crippen LogP contribution is 2.27. The van der Waals surface area contributed by atoms with Gasteiger partial charge in [-0.25, -0.2) is 13.2 Å². The van der Waals surface area contributed by atoms with E-state index in [1.807, 2.05) is 0 Å². The lowest BCUT2D eigenvalue weighted by molar-refractivity contribution is -0.384. The van der Waals surface area contributed by atoms with Crippen LogP contribution >= 0.6 is 23.2 Å². The van der Waals surface area contributed by atoms with E-state index in [1.54, 1.807) is 0 Å². The number of nitrogens with zero attached hydrogens (tertiary/aromatic N) is 1. The maximum atomic E-state index is 12.0. The van der Waals surface area contributed by atoms with Crippen LogP contribution in [0.1, 0.15) is 10.4 Å². The summed E-state index contributed by atoms with van der Waals surface area (Å²) in [7, 11) is -3.67. The first-order chi connectivity index (χ1) is 13.0. The Morgan fingerprint density at radius 2 is 1.79 bits per heavy atom. The molecule has 0 fully saturated rings. The maximum absolute atomic E-state index is 12.0. The number of hydrogen-bond donors (Lipinski definition) is 1. The Morgan fingerprint density at radius 1 is 1.14 bits per heavy atom. The van der Waals surface area contributed by atoms with Crippen LogP contribution in [0.5, 0.6) is 0 Å². The molecule has 148 valence electrons. The molecule has 0 saturated heterocycles. The van der Waals surface area contributed by atoms with Gasteiger partial charge in [-0.15, -0.1) is 0 Å². The molecule has 0 aliphatic rings. The SMILES string of the molecule is CS(=O)(=O)c1cc(C(=O)OCC(=O)Nc2cc([N+](=O)[O-])ccc2Cl)ccc1Cl. The van der Waals surface area contributed by atoms with Gasteiger partial charge in [0.25, 0.3) is 11.6 Å². The number of nitro groups is 1. The molecule has 0 heterocycles. The zero-order valence-corrected chi connectivity index (χ0v) is 16.5. The second kappa shape index (κ2) is 8.55. The van der Waals surface area contributed by atoms with Crippen LogP contribution in [0.3, 0.4) is 0 Å². The zero-order chi connectivity index (χ0) is 21.1. The minimum atomic E-state index is -3.67. The van der Waals surface area contributed by atoms with Gasteiger partial charge < -0.3 is 10.1 Å². The molecule has 0 spiro atoms. The summed E-state index contributed by atoms with van der Waals surface area (Å²) in [4.78, 5) is 33.8. The van der Waals surface area contributed by atoms with Crippen molar-refractivity contribution in [3.05, 3.63) is 62.1 Å². The molecule has 0 bridgehead atoms. The summed E-state index contributed by atoms with van der Waals surface area (Å²) in [6, 6.07) is 6.96. The normalized spacial score (nSPS) is 11.0. The number of nitro benzene ring substituents is 1. The Bertz CT molecular complexity index is 1070. The lowest BCUT2D eigenvalue weighted by Gasteiger charge is -2.09. The maximum Gasteiger partial charge on any atom is 0.338 e. The first-order valence-corrected chi connectivity index (χ1v) is 10.0. The van der Waals surface area contributed by atoms with E-state index < -0.39 is 33.2 Å². The van der Waals surface area contributed by atoms with E-state index in [-0.39, 0.29) is 31.9 Å². The van der Waals surface area contributed by atoms with E-state index in [1.165, 1.54) is 18.2 Å². The number of hydrogen-bond acceptors (Lipinski definition) is 7. The van der Waals surface area contributed by atoms with Crippen LogP contribution < -0.4 is 5.32 Å². The monoisotopic (exact) mass is 446 g/mol. The van der Waals surface area contributed by atoms with Gasteiger partial charge in [0.05, 0.1) is 31.1 Å². The lowest BCUT2D eigenvalue weighted by atomic mass is 10.2. The number of halogens is 2. The number of nitrogens with one attached hydrogen (secondary N) is 1. The number of amides is 1. The van der Waals surface area contributed by atoms with Gasteiger partial charge in [0.2, 0.25) is 0 Å². The quantitative estimate of drug-likeness (QED) is 0.409. The Labute approximate surface area is 169 Å². The lowest BCUT2D eigenvalue weighted by Crippen LogP contribution is -2.21. The molecule has 0 atom stereocenters. The first kappa shape index (κ1) is 21.6. The van der Waals surface area contributed by atoms with Gasteiger partial charge in [0, 0.05) is 18.4 Å². The van der Waals surface area contributed by atoms with Crippen LogP contribution in [-0.4, -0.2) is 38.1 Å². The molecule has 1 N–H and O–H groups in total. The fourth-order valence-corrected chi connectivity index (χ4v) is 3.50. The van der Waals surface area contributed by atoms with E-state index >= 15 is 0 Å². The molecule has 0 radical (unpaired) electrons. The molecule has 0 aliphatic carbocycles. The van der Waals surface area contributed by atoms with Crippen LogP contribution in [0.4, 0.5) is 11.4 Å². The third kappa shape index (κ3) is 5.41. The number of sulfone groups is 1. The third-order valence-corrected chi connectivity index (χ3v) is 5.24. The van der Waals surface area contributed by atoms with Crippen LogP contribution in [0.2, 0.25) is 10.0 Å². The molecule has 0 unspecified atom stereocenters. The largest absolute Gasteiger partial charge is 0.452 e. The number of rotatable bonds is 6. The number of carbonyl (C=O) groups excluding carboxylic acids is 2.